The van der Waals surface area contributed by atoms with Crippen molar-refractivity contribution < 1.29 is 0 Å². The van der Waals surface area contributed by atoms with Crippen LogP contribution in [0.1, 0.15) is 52.5 Å². The van der Waals surface area contributed by atoms with Crippen molar-refractivity contribution in [1.82, 2.24) is 5.32 Å². The Hall–Kier alpha value is -1.02. The van der Waals surface area contributed by atoms with E-state index in [1.54, 1.807) is 0 Å². The van der Waals surface area contributed by atoms with Gasteiger partial charge in [-0.1, -0.05) is 58.7 Å². The smallest absolute Gasteiger partial charge is 0.0412 e. The predicted octanol–water partition coefficient (Wildman–Crippen LogP) is 4.45. The lowest BCUT2D eigenvalue weighted by molar-refractivity contribution is 0.365. The van der Waals surface area contributed by atoms with E-state index in [0.29, 0.717) is 6.04 Å². The summed E-state index contributed by atoms with van der Waals surface area (Å²) in [5, 5.41) is 3.78. The summed E-state index contributed by atoms with van der Waals surface area (Å²) in [5.74, 6) is 1.49. The zero-order valence-corrected chi connectivity index (χ0v) is 14.2. The Morgan fingerprint density at radius 2 is 2.00 bits per heavy atom. The third-order valence-corrected chi connectivity index (χ3v) is 4.95. The molecule has 0 aromatic heterocycles. The maximum absolute atomic E-state index is 3.78. The first-order valence-electron chi connectivity index (χ1n) is 8.71. The Kier molecular flexibility index (Phi) is 6.10. The summed E-state index contributed by atoms with van der Waals surface area (Å²) in [7, 11) is 0. The molecule has 118 valence electrons. The van der Waals surface area contributed by atoms with Crippen LogP contribution in [-0.4, -0.2) is 19.1 Å². The molecule has 1 aliphatic rings. The van der Waals surface area contributed by atoms with Crippen molar-refractivity contribution in [2.45, 2.75) is 59.5 Å². The van der Waals surface area contributed by atoms with E-state index in [2.05, 4.69) is 62.2 Å². The highest BCUT2D eigenvalue weighted by molar-refractivity contribution is 5.54. The van der Waals surface area contributed by atoms with Crippen LogP contribution in [0.3, 0.4) is 0 Å². The molecule has 0 amide bonds. The minimum absolute atomic E-state index is 0.594. The van der Waals surface area contributed by atoms with Crippen molar-refractivity contribution in [1.29, 1.82) is 0 Å². The number of para-hydroxylation sites is 1. The van der Waals surface area contributed by atoms with E-state index in [1.807, 2.05) is 0 Å². The summed E-state index contributed by atoms with van der Waals surface area (Å²) in [5.41, 5.74) is 2.89. The van der Waals surface area contributed by atoms with Crippen LogP contribution in [-0.2, 0) is 6.54 Å². The van der Waals surface area contributed by atoms with Crippen LogP contribution in [0.2, 0.25) is 0 Å². The number of anilines is 1. The minimum Gasteiger partial charge on any atom is -0.369 e. The molecule has 2 heteroatoms. The fourth-order valence-electron chi connectivity index (χ4n) is 3.41. The van der Waals surface area contributed by atoms with E-state index >= 15 is 0 Å². The molecular weight excluding hydrogens is 256 g/mol. The van der Waals surface area contributed by atoms with Crippen molar-refractivity contribution in [3.8, 4) is 0 Å². The molecule has 0 fully saturated rings. The van der Waals surface area contributed by atoms with E-state index in [4.69, 9.17) is 0 Å². The Balaban J connectivity index is 2.19. The molecule has 0 saturated carbocycles. The topological polar surface area (TPSA) is 15.3 Å². The van der Waals surface area contributed by atoms with Crippen molar-refractivity contribution >= 4 is 5.69 Å². The molecule has 0 radical (unpaired) electrons. The fraction of sp³-hybridized carbons (Fsp3) is 0.684. The molecule has 2 rings (SSSR count). The van der Waals surface area contributed by atoms with Crippen LogP contribution in [0, 0.1) is 11.8 Å². The maximum atomic E-state index is 3.78. The number of nitrogens with one attached hydrogen (secondary N) is 1. The number of nitrogens with zero attached hydrogens (tertiary/aromatic N) is 1. The second-order valence-electron chi connectivity index (χ2n) is 6.80. The predicted molar refractivity (Wildman–Crippen MR) is 92.8 cm³/mol. The first kappa shape index (κ1) is 16.4. The molecular formula is C19H32N2. The quantitative estimate of drug-likeness (QED) is 0.832. The van der Waals surface area contributed by atoms with Crippen molar-refractivity contribution in [2.24, 2.45) is 11.8 Å². The van der Waals surface area contributed by atoms with Gasteiger partial charge >= 0.3 is 0 Å². The van der Waals surface area contributed by atoms with E-state index in [0.717, 1.165) is 24.9 Å². The maximum Gasteiger partial charge on any atom is 0.0412 e. The summed E-state index contributed by atoms with van der Waals surface area (Å²) in [4.78, 5) is 2.63. The highest BCUT2D eigenvalue weighted by Gasteiger charge is 2.25. The van der Waals surface area contributed by atoms with E-state index in [9.17, 15) is 0 Å². The Bertz CT molecular complexity index is 429. The van der Waals surface area contributed by atoms with Gasteiger partial charge in [-0.3, -0.25) is 0 Å². The molecule has 1 N–H and O–H groups in total. The third-order valence-electron chi connectivity index (χ3n) is 4.95. The van der Waals surface area contributed by atoms with Gasteiger partial charge in [-0.25, -0.2) is 0 Å². The number of hydrogen-bond acceptors (Lipinski definition) is 2. The molecule has 0 spiro atoms. The standard InChI is InChI=1S/C19H32N2/c1-5-9-15(3)13-21-14-18(16(4)6-2)20-12-17-10-7-8-11-19(17)21/h7-8,10-11,15-16,18,20H,5-6,9,12-14H2,1-4H3. The second kappa shape index (κ2) is 7.84. The lowest BCUT2D eigenvalue weighted by Gasteiger charge is -2.32. The van der Waals surface area contributed by atoms with Crippen LogP contribution >= 0.6 is 0 Å². The SMILES string of the molecule is CCCC(C)CN1CC(C(C)CC)NCc2ccccc21. The highest BCUT2D eigenvalue weighted by Crippen LogP contribution is 2.27. The van der Waals surface area contributed by atoms with Gasteiger partial charge in [-0.2, -0.15) is 0 Å². The Labute approximate surface area is 130 Å². The molecule has 0 aliphatic carbocycles. The normalized spacial score (nSPS) is 21.5. The van der Waals surface area contributed by atoms with Gasteiger partial charge in [-0.15, -0.1) is 0 Å². The van der Waals surface area contributed by atoms with Gasteiger partial charge in [0.15, 0.2) is 0 Å². The van der Waals surface area contributed by atoms with Gasteiger partial charge in [-0.05, 0) is 29.9 Å². The van der Waals surface area contributed by atoms with Gasteiger partial charge in [0.1, 0.15) is 0 Å². The van der Waals surface area contributed by atoms with Gasteiger partial charge in [0.05, 0.1) is 0 Å². The lowest BCUT2D eigenvalue weighted by atomic mass is 9.98. The summed E-state index contributed by atoms with van der Waals surface area (Å²) < 4.78 is 0. The van der Waals surface area contributed by atoms with Gasteiger partial charge < -0.3 is 10.2 Å². The molecule has 0 bridgehead atoms. The van der Waals surface area contributed by atoms with E-state index in [-0.39, 0.29) is 0 Å². The first-order chi connectivity index (χ1) is 10.2. The molecule has 3 unspecified atom stereocenters. The number of fused-ring (bicyclic) bond motifs is 1. The van der Waals surface area contributed by atoms with Gasteiger partial charge in [0.25, 0.3) is 0 Å². The highest BCUT2D eigenvalue weighted by atomic mass is 15.2. The molecule has 21 heavy (non-hydrogen) atoms. The Morgan fingerprint density at radius 3 is 2.71 bits per heavy atom. The van der Waals surface area contributed by atoms with Crippen LogP contribution < -0.4 is 10.2 Å². The monoisotopic (exact) mass is 288 g/mol. The average molecular weight is 288 g/mol. The fourth-order valence-corrected chi connectivity index (χ4v) is 3.41. The van der Waals surface area contributed by atoms with Crippen LogP contribution in [0.15, 0.2) is 24.3 Å². The summed E-state index contributed by atoms with van der Waals surface area (Å²) in [6, 6.07) is 9.52. The Morgan fingerprint density at radius 1 is 1.24 bits per heavy atom. The summed E-state index contributed by atoms with van der Waals surface area (Å²) >= 11 is 0. The average Bonchev–Trinajstić information content (AvgIpc) is 2.67. The molecule has 1 heterocycles. The summed E-state index contributed by atoms with van der Waals surface area (Å²) in [6.45, 7) is 12.7. The van der Waals surface area contributed by atoms with Gasteiger partial charge in [0, 0.05) is 31.4 Å². The summed E-state index contributed by atoms with van der Waals surface area (Å²) in [6.07, 6.45) is 3.84. The van der Waals surface area contributed by atoms with Crippen LogP contribution in [0.4, 0.5) is 5.69 Å². The molecule has 1 aliphatic heterocycles. The van der Waals surface area contributed by atoms with Crippen molar-refractivity contribution in [2.75, 3.05) is 18.0 Å². The first-order valence-corrected chi connectivity index (χ1v) is 8.71. The lowest BCUT2D eigenvalue weighted by Crippen LogP contribution is -2.43. The zero-order chi connectivity index (χ0) is 15.2. The zero-order valence-electron chi connectivity index (χ0n) is 14.2. The van der Waals surface area contributed by atoms with Crippen molar-refractivity contribution in [3.05, 3.63) is 29.8 Å². The number of benzene rings is 1. The second-order valence-corrected chi connectivity index (χ2v) is 6.80. The largest absolute Gasteiger partial charge is 0.369 e. The van der Waals surface area contributed by atoms with E-state index < -0.39 is 0 Å². The number of hydrogen-bond donors (Lipinski definition) is 1. The third kappa shape index (κ3) is 4.23. The molecule has 3 atom stereocenters. The van der Waals surface area contributed by atoms with Crippen molar-refractivity contribution in [3.63, 3.8) is 0 Å². The van der Waals surface area contributed by atoms with Crippen LogP contribution in [0.25, 0.3) is 0 Å². The molecule has 0 saturated heterocycles. The molecule has 1 aromatic carbocycles. The number of rotatable bonds is 6. The van der Waals surface area contributed by atoms with E-state index in [1.165, 1.54) is 37.1 Å². The van der Waals surface area contributed by atoms with Gasteiger partial charge in [0.2, 0.25) is 0 Å². The molecule has 2 nitrogen and oxygen atoms in total. The molecule has 1 aromatic rings. The minimum atomic E-state index is 0.594. The van der Waals surface area contributed by atoms with Crippen LogP contribution in [0.5, 0.6) is 0 Å².